The van der Waals surface area contributed by atoms with Crippen LogP contribution in [0.1, 0.15) is 66.9 Å². The average molecular weight is 428 g/mol. The standard InChI is InChI=1S/C23H36Cl2OSi/c1-8-12-21-22(23(21,24)25,16-15-20-13-10-9-11-14-20)26-27(17(2)3,18(4)5)19(6)7/h9-11,13-19,21H,8,12H2,1-7H3/b16-15+/t21-,22+/m1/s1. The lowest BCUT2D eigenvalue weighted by atomic mass is 10.1. The molecule has 1 aliphatic carbocycles. The van der Waals surface area contributed by atoms with Crippen LogP contribution < -0.4 is 0 Å². The minimum absolute atomic E-state index is 0.140. The highest BCUT2D eigenvalue weighted by Crippen LogP contribution is 2.69. The largest absolute Gasteiger partial charge is 0.404 e. The molecule has 0 heterocycles. The Bertz CT molecular complexity index is 617. The van der Waals surface area contributed by atoms with Gasteiger partial charge < -0.3 is 4.43 Å². The number of benzene rings is 1. The van der Waals surface area contributed by atoms with Crippen molar-refractivity contribution in [3.8, 4) is 0 Å². The Kier molecular flexibility index (Phi) is 7.33. The summed E-state index contributed by atoms with van der Waals surface area (Å²) in [6.45, 7) is 16.0. The molecular weight excluding hydrogens is 391 g/mol. The smallest absolute Gasteiger partial charge is 0.201 e. The number of alkyl halides is 2. The highest BCUT2D eigenvalue weighted by Gasteiger charge is 2.77. The fraction of sp³-hybridized carbons (Fsp3) is 0.652. The Hall–Kier alpha value is -0.283. The van der Waals surface area contributed by atoms with Crippen molar-refractivity contribution < 1.29 is 4.43 Å². The van der Waals surface area contributed by atoms with E-state index in [4.69, 9.17) is 27.6 Å². The molecule has 0 unspecified atom stereocenters. The van der Waals surface area contributed by atoms with E-state index in [0.29, 0.717) is 16.6 Å². The number of rotatable bonds is 9. The molecule has 152 valence electrons. The Labute approximate surface area is 177 Å². The van der Waals surface area contributed by atoms with Gasteiger partial charge in [0.05, 0.1) is 0 Å². The summed E-state index contributed by atoms with van der Waals surface area (Å²) in [4.78, 5) is 0. The summed E-state index contributed by atoms with van der Waals surface area (Å²) < 4.78 is 6.36. The van der Waals surface area contributed by atoms with Gasteiger partial charge >= 0.3 is 0 Å². The molecule has 0 saturated heterocycles. The highest BCUT2D eigenvalue weighted by molar-refractivity contribution is 6.78. The Morgan fingerprint density at radius 1 is 1.00 bits per heavy atom. The first-order chi connectivity index (χ1) is 12.6. The van der Waals surface area contributed by atoms with Crippen molar-refractivity contribution in [3.63, 3.8) is 0 Å². The maximum atomic E-state index is 7.21. The van der Waals surface area contributed by atoms with Crippen molar-refractivity contribution in [1.29, 1.82) is 0 Å². The number of hydrogen-bond donors (Lipinski definition) is 0. The monoisotopic (exact) mass is 426 g/mol. The van der Waals surface area contributed by atoms with Crippen LogP contribution in [0.2, 0.25) is 16.6 Å². The fourth-order valence-corrected chi connectivity index (χ4v) is 11.7. The van der Waals surface area contributed by atoms with Gasteiger partial charge in [-0.05, 0) is 34.7 Å². The first kappa shape index (κ1) is 23.0. The third kappa shape index (κ3) is 4.06. The Balaban J connectivity index is 2.49. The zero-order valence-corrected chi connectivity index (χ0v) is 20.4. The summed E-state index contributed by atoms with van der Waals surface area (Å²) in [6, 6.07) is 10.3. The summed E-state index contributed by atoms with van der Waals surface area (Å²) in [5.74, 6) is 0.140. The van der Waals surface area contributed by atoms with Crippen molar-refractivity contribution in [2.24, 2.45) is 5.92 Å². The van der Waals surface area contributed by atoms with Crippen molar-refractivity contribution >= 4 is 37.6 Å². The van der Waals surface area contributed by atoms with E-state index in [9.17, 15) is 0 Å². The van der Waals surface area contributed by atoms with E-state index in [2.05, 4.69) is 72.8 Å². The lowest BCUT2D eigenvalue weighted by Crippen LogP contribution is -2.51. The molecule has 0 radical (unpaired) electrons. The van der Waals surface area contributed by atoms with Crippen LogP contribution in [0, 0.1) is 5.92 Å². The quantitative estimate of drug-likeness (QED) is 0.285. The molecule has 0 amide bonds. The first-order valence-corrected chi connectivity index (χ1v) is 13.3. The van der Waals surface area contributed by atoms with Crippen LogP contribution >= 0.6 is 23.2 Å². The molecule has 4 heteroatoms. The summed E-state index contributed by atoms with van der Waals surface area (Å²) in [7, 11) is -2.12. The molecule has 0 aliphatic heterocycles. The summed E-state index contributed by atoms with van der Waals surface area (Å²) in [5, 5.41) is 0. The van der Waals surface area contributed by atoms with Crippen LogP contribution in [0.4, 0.5) is 0 Å². The SMILES string of the molecule is CCC[C@H]1C(Cl)(Cl)[C@@]1(/C=C/c1ccccc1)O[Si](C(C)C)(C(C)C)C(C)C. The van der Waals surface area contributed by atoms with E-state index in [1.807, 2.05) is 18.2 Å². The van der Waals surface area contributed by atoms with Gasteiger partial charge in [-0.3, -0.25) is 0 Å². The van der Waals surface area contributed by atoms with Gasteiger partial charge in [0.2, 0.25) is 8.32 Å². The maximum Gasteiger partial charge on any atom is 0.201 e. The van der Waals surface area contributed by atoms with E-state index >= 15 is 0 Å². The zero-order chi connectivity index (χ0) is 20.5. The molecule has 1 fully saturated rings. The second-order valence-corrected chi connectivity index (χ2v) is 15.7. The summed E-state index contributed by atoms with van der Waals surface area (Å²) >= 11 is 13.8. The van der Waals surface area contributed by atoms with Gasteiger partial charge in [-0.2, -0.15) is 0 Å². The van der Waals surface area contributed by atoms with E-state index in [1.165, 1.54) is 0 Å². The minimum atomic E-state index is -2.12. The summed E-state index contributed by atoms with van der Waals surface area (Å²) in [5.41, 5.74) is 2.04. The normalized spacial score (nSPS) is 25.1. The molecule has 1 aliphatic rings. The van der Waals surface area contributed by atoms with Gasteiger partial charge in [-0.15, -0.1) is 0 Å². The van der Waals surface area contributed by atoms with Crippen LogP contribution in [0.5, 0.6) is 0 Å². The molecular formula is C23H36Cl2OSi. The van der Waals surface area contributed by atoms with Crippen LogP contribution in [0.15, 0.2) is 36.4 Å². The topological polar surface area (TPSA) is 9.23 Å². The second-order valence-electron chi connectivity index (χ2n) is 8.92. The van der Waals surface area contributed by atoms with E-state index in [-0.39, 0.29) is 5.92 Å². The molecule has 1 aromatic rings. The van der Waals surface area contributed by atoms with Crippen molar-refractivity contribution in [2.45, 2.75) is 87.9 Å². The zero-order valence-electron chi connectivity index (χ0n) is 17.9. The van der Waals surface area contributed by atoms with Crippen LogP contribution in [-0.2, 0) is 4.43 Å². The molecule has 2 rings (SSSR count). The van der Waals surface area contributed by atoms with Crippen LogP contribution in [0.25, 0.3) is 6.08 Å². The molecule has 2 atom stereocenters. The lowest BCUT2D eigenvalue weighted by molar-refractivity contribution is 0.176. The minimum Gasteiger partial charge on any atom is -0.404 e. The van der Waals surface area contributed by atoms with E-state index < -0.39 is 18.3 Å². The van der Waals surface area contributed by atoms with Gasteiger partial charge in [0.25, 0.3) is 0 Å². The Morgan fingerprint density at radius 3 is 1.96 bits per heavy atom. The highest BCUT2D eigenvalue weighted by atomic mass is 35.5. The van der Waals surface area contributed by atoms with E-state index in [0.717, 1.165) is 18.4 Å². The third-order valence-electron chi connectivity index (χ3n) is 6.35. The van der Waals surface area contributed by atoms with Crippen molar-refractivity contribution in [3.05, 3.63) is 42.0 Å². The van der Waals surface area contributed by atoms with Gasteiger partial charge in [0.1, 0.15) is 5.60 Å². The molecule has 0 spiro atoms. The van der Waals surface area contributed by atoms with Crippen LogP contribution in [-0.4, -0.2) is 18.3 Å². The van der Waals surface area contributed by atoms with Gasteiger partial charge in [-0.1, -0.05) is 114 Å². The second kappa shape index (κ2) is 8.61. The summed E-state index contributed by atoms with van der Waals surface area (Å²) in [6.07, 6.45) is 6.33. The van der Waals surface area contributed by atoms with Crippen molar-refractivity contribution in [1.82, 2.24) is 0 Å². The number of hydrogen-bond acceptors (Lipinski definition) is 1. The molecule has 27 heavy (non-hydrogen) atoms. The van der Waals surface area contributed by atoms with Gasteiger partial charge in [0, 0.05) is 5.92 Å². The molecule has 0 N–H and O–H groups in total. The predicted octanol–water partition coefficient (Wildman–Crippen LogP) is 8.23. The van der Waals surface area contributed by atoms with Crippen LogP contribution in [0.3, 0.4) is 0 Å². The predicted molar refractivity (Wildman–Crippen MR) is 123 cm³/mol. The Morgan fingerprint density at radius 2 is 1.52 bits per heavy atom. The first-order valence-electron chi connectivity index (χ1n) is 10.4. The fourth-order valence-electron chi connectivity index (χ4n) is 4.98. The molecule has 0 aromatic heterocycles. The van der Waals surface area contributed by atoms with Crippen molar-refractivity contribution in [2.75, 3.05) is 0 Å². The molecule has 0 bridgehead atoms. The van der Waals surface area contributed by atoms with E-state index in [1.54, 1.807) is 0 Å². The maximum absolute atomic E-state index is 7.21. The third-order valence-corrected chi connectivity index (χ3v) is 13.6. The van der Waals surface area contributed by atoms with Gasteiger partial charge in [-0.25, -0.2) is 0 Å². The average Bonchev–Trinajstić information content (AvgIpc) is 3.05. The number of halogens is 2. The lowest BCUT2D eigenvalue weighted by Gasteiger charge is -2.45. The molecule has 1 saturated carbocycles. The van der Waals surface area contributed by atoms with Gasteiger partial charge in [0.15, 0.2) is 4.33 Å². The molecule has 1 aromatic carbocycles. The molecule has 1 nitrogen and oxygen atoms in total.